The molecule has 1 aromatic heterocycles. The van der Waals surface area contributed by atoms with Crippen molar-refractivity contribution in [1.82, 2.24) is 4.98 Å². The van der Waals surface area contributed by atoms with E-state index in [0.29, 0.717) is 13.0 Å². The monoisotopic (exact) mass is 223 g/mol. The Morgan fingerprint density at radius 3 is 2.88 bits per heavy atom. The van der Waals surface area contributed by atoms with Crippen LogP contribution in [0.4, 0.5) is 6.01 Å². The normalized spacial score (nSPS) is 17.9. The van der Waals surface area contributed by atoms with Crippen LogP contribution in [0.2, 0.25) is 0 Å². The van der Waals surface area contributed by atoms with Crippen molar-refractivity contribution in [2.24, 2.45) is 11.1 Å². The van der Waals surface area contributed by atoms with Gasteiger partial charge in [-0.05, 0) is 31.7 Å². The van der Waals surface area contributed by atoms with Gasteiger partial charge in [-0.15, -0.1) is 0 Å². The summed E-state index contributed by atoms with van der Waals surface area (Å²) in [5, 5.41) is 2.65. The Labute approximate surface area is 94.4 Å². The van der Waals surface area contributed by atoms with Gasteiger partial charge in [-0.1, -0.05) is 6.42 Å². The molecule has 0 radical (unpaired) electrons. The fraction of sp³-hybridized carbons (Fsp3) is 0.636. The van der Waals surface area contributed by atoms with Crippen molar-refractivity contribution in [3.05, 3.63) is 12.0 Å². The number of oxazole rings is 1. The number of aryl methyl sites for hydroxylation is 1. The van der Waals surface area contributed by atoms with Gasteiger partial charge >= 0.3 is 6.01 Å². The van der Waals surface area contributed by atoms with Gasteiger partial charge in [0.1, 0.15) is 6.26 Å². The van der Waals surface area contributed by atoms with E-state index in [1.54, 1.807) is 0 Å². The number of nitrogens with one attached hydrogen (secondary N) is 1. The molecule has 1 aliphatic rings. The first-order valence-electron chi connectivity index (χ1n) is 5.56. The molecule has 2 rings (SSSR count). The van der Waals surface area contributed by atoms with E-state index in [1.807, 2.05) is 6.92 Å². The molecule has 0 bridgehead atoms. The Balaban J connectivity index is 1.89. The summed E-state index contributed by atoms with van der Waals surface area (Å²) in [6.45, 7) is 2.39. The van der Waals surface area contributed by atoms with E-state index >= 15 is 0 Å². The van der Waals surface area contributed by atoms with Crippen molar-refractivity contribution < 1.29 is 9.21 Å². The van der Waals surface area contributed by atoms with E-state index in [-0.39, 0.29) is 17.3 Å². The number of amides is 1. The lowest BCUT2D eigenvalue weighted by Gasteiger charge is -2.40. The summed E-state index contributed by atoms with van der Waals surface area (Å²) in [5.74, 6) is -0.0630. The molecule has 3 N–H and O–H groups in total. The van der Waals surface area contributed by atoms with Crippen LogP contribution in [-0.4, -0.2) is 17.4 Å². The molecule has 1 aliphatic carbocycles. The second-order valence-corrected chi connectivity index (χ2v) is 4.58. The van der Waals surface area contributed by atoms with Crippen LogP contribution in [0.25, 0.3) is 0 Å². The van der Waals surface area contributed by atoms with E-state index in [1.165, 1.54) is 12.7 Å². The topological polar surface area (TPSA) is 81.2 Å². The lowest BCUT2D eigenvalue weighted by molar-refractivity contribution is -0.119. The van der Waals surface area contributed by atoms with Crippen LogP contribution in [0, 0.1) is 12.3 Å². The fourth-order valence-corrected chi connectivity index (χ4v) is 2.05. The number of carbonyl (C=O) groups is 1. The highest BCUT2D eigenvalue weighted by molar-refractivity contribution is 5.89. The minimum atomic E-state index is -0.0630. The van der Waals surface area contributed by atoms with Crippen molar-refractivity contribution in [2.45, 2.75) is 32.6 Å². The molecule has 1 heterocycles. The van der Waals surface area contributed by atoms with E-state index in [2.05, 4.69) is 10.3 Å². The highest BCUT2D eigenvalue weighted by Gasteiger charge is 2.37. The second kappa shape index (κ2) is 4.25. The Bertz CT molecular complexity index is 377. The van der Waals surface area contributed by atoms with Crippen molar-refractivity contribution in [3.8, 4) is 0 Å². The molecule has 0 unspecified atom stereocenters. The molecule has 1 saturated carbocycles. The largest absolute Gasteiger partial charge is 0.432 e. The number of carbonyl (C=O) groups excluding carboxylic acids is 1. The number of nitrogens with zero attached hydrogens (tertiary/aromatic N) is 1. The maximum Gasteiger partial charge on any atom is 0.301 e. The van der Waals surface area contributed by atoms with E-state index in [4.69, 9.17) is 10.2 Å². The second-order valence-electron chi connectivity index (χ2n) is 4.58. The lowest BCUT2D eigenvalue weighted by atomic mass is 9.66. The first-order chi connectivity index (χ1) is 7.63. The number of hydrogen-bond acceptors (Lipinski definition) is 4. The van der Waals surface area contributed by atoms with Gasteiger partial charge in [0.05, 0.1) is 5.69 Å². The first kappa shape index (κ1) is 11.1. The fourth-order valence-electron chi connectivity index (χ4n) is 2.05. The molecule has 0 aliphatic heterocycles. The van der Waals surface area contributed by atoms with Gasteiger partial charge in [-0.2, -0.15) is 4.98 Å². The highest BCUT2D eigenvalue weighted by atomic mass is 16.4. The molecule has 0 atom stereocenters. The number of nitrogens with two attached hydrogens (primary N) is 1. The van der Waals surface area contributed by atoms with Crippen LogP contribution in [0.15, 0.2) is 10.7 Å². The Morgan fingerprint density at radius 1 is 1.69 bits per heavy atom. The average molecular weight is 223 g/mol. The summed E-state index contributed by atoms with van der Waals surface area (Å²) >= 11 is 0. The number of anilines is 1. The molecular weight excluding hydrogens is 206 g/mol. The van der Waals surface area contributed by atoms with Crippen LogP contribution < -0.4 is 11.1 Å². The summed E-state index contributed by atoms with van der Waals surface area (Å²) in [4.78, 5) is 15.7. The molecule has 1 fully saturated rings. The zero-order valence-corrected chi connectivity index (χ0v) is 9.45. The van der Waals surface area contributed by atoms with Gasteiger partial charge in [0.25, 0.3) is 0 Å². The predicted octanol–water partition coefficient (Wildman–Crippen LogP) is 1.44. The van der Waals surface area contributed by atoms with Gasteiger partial charge in [-0.3, -0.25) is 10.1 Å². The third kappa shape index (κ3) is 2.24. The minimum Gasteiger partial charge on any atom is -0.432 e. The maximum absolute atomic E-state index is 11.7. The Hall–Kier alpha value is -1.36. The summed E-state index contributed by atoms with van der Waals surface area (Å²) < 4.78 is 5.06. The van der Waals surface area contributed by atoms with Crippen molar-refractivity contribution in [3.63, 3.8) is 0 Å². The molecule has 0 aromatic carbocycles. The molecule has 0 saturated heterocycles. The first-order valence-corrected chi connectivity index (χ1v) is 5.56. The molecule has 0 spiro atoms. The lowest BCUT2D eigenvalue weighted by Crippen LogP contribution is -2.40. The van der Waals surface area contributed by atoms with Crippen molar-refractivity contribution in [2.75, 3.05) is 11.9 Å². The van der Waals surface area contributed by atoms with Crippen LogP contribution in [0.3, 0.4) is 0 Å². The molecule has 5 nitrogen and oxygen atoms in total. The molecule has 5 heteroatoms. The quantitative estimate of drug-likeness (QED) is 0.809. The SMILES string of the molecule is Cc1coc(NC(=O)CC2(CN)CCC2)n1. The van der Waals surface area contributed by atoms with E-state index in [0.717, 1.165) is 18.5 Å². The van der Waals surface area contributed by atoms with Crippen LogP contribution in [-0.2, 0) is 4.79 Å². The van der Waals surface area contributed by atoms with Gasteiger partial charge in [0, 0.05) is 6.42 Å². The maximum atomic E-state index is 11.7. The summed E-state index contributed by atoms with van der Waals surface area (Å²) in [7, 11) is 0. The van der Waals surface area contributed by atoms with Crippen LogP contribution >= 0.6 is 0 Å². The van der Waals surface area contributed by atoms with Crippen LogP contribution in [0.5, 0.6) is 0 Å². The Kier molecular flexibility index (Phi) is 2.96. The van der Waals surface area contributed by atoms with Crippen LogP contribution in [0.1, 0.15) is 31.4 Å². The molecule has 1 amide bonds. The Morgan fingerprint density at radius 2 is 2.44 bits per heavy atom. The average Bonchev–Trinajstić information content (AvgIpc) is 2.57. The number of rotatable bonds is 4. The van der Waals surface area contributed by atoms with Gasteiger partial charge in [0.15, 0.2) is 0 Å². The zero-order valence-electron chi connectivity index (χ0n) is 9.45. The molecule has 1 aromatic rings. The number of aromatic nitrogens is 1. The summed E-state index contributed by atoms with van der Waals surface area (Å²) in [5.41, 5.74) is 6.47. The third-order valence-electron chi connectivity index (χ3n) is 3.25. The van der Waals surface area contributed by atoms with Crippen molar-refractivity contribution in [1.29, 1.82) is 0 Å². The zero-order chi connectivity index (χ0) is 11.6. The standard InChI is InChI=1S/C11H17N3O2/c1-8-6-16-10(13-8)14-9(15)5-11(7-12)3-2-4-11/h6H,2-5,7,12H2,1H3,(H,13,14,15). The minimum absolute atomic E-state index is 0.0196. The van der Waals surface area contributed by atoms with Crippen molar-refractivity contribution >= 4 is 11.9 Å². The van der Waals surface area contributed by atoms with E-state index in [9.17, 15) is 4.79 Å². The molecule has 88 valence electrons. The summed E-state index contributed by atoms with van der Waals surface area (Å²) in [6, 6.07) is 0.272. The summed E-state index contributed by atoms with van der Waals surface area (Å²) in [6.07, 6.45) is 5.23. The van der Waals surface area contributed by atoms with E-state index < -0.39 is 0 Å². The number of hydrogen-bond donors (Lipinski definition) is 2. The smallest absolute Gasteiger partial charge is 0.301 e. The predicted molar refractivity (Wildman–Crippen MR) is 59.8 cm³/mol. The highest BCUT2D eigenvalue weighted by Crippen LogP contribution is 2.42. The molecule has 16 heavy (non-hydrogen) atoms. The molecular formula is C11H17N3O2. The van der Waals surface area contributed by atoms with Gasteiger partial charge in [0.2, 0.25) is 5.91 Å². The van der Waals surface area contributed by atoms with Gasteiger partial charge in [-0.25, -0.2) is 0 Å². The van der Waals surface area contributed by atoms with Gasteiger partial charge < -0.3 is 10.2 Å². The third-order valence-corrected chi connectivity index (χ3v) is 3.25.